The Morgan fingerprint density at radius 2 is 1.94 bits per heavy atom. The number of aromatic nitrogens is 2. The van der Waals surface area contributed by atoms with E-state index in [1.54, 1.807) is 11.8 Å². The number of nitrogens with zero attached hydrogens (tertiary/aromatic N) is 3. The lowest BCUT2D eigenvalue weighted by atomic mass is 9.93. The third kappa shape index (κ3) is 4.62. The number of carboxylic acids is 1. The fourth-order valence-electron chi connectivity index (χ4n) is 5.00. The zero-order valence-corrected chi connectivity index (χ0v) is 21.8. The average molecular weight is 484 g/mol. The molecule has 1 saturated heterocycles. The Hall–Kier alpha value is -2.12. The van der Waals surface area contributed by atoms with Crippen molar-refractivity contribution in [2.45, 2.75) is 62.7 Å². The van der Waals surface area contributed by atoms with Crippen LogP contribution in [0.2, 0.25) is 0 Å². The number of piperidine rings is 1. The summed E-state index contributed by atoms with van der Waals surface area (Å²) in [5.74, 6) is -0.0166. The van der Waals surface area contributed by atoms with Gasteiger partial charge in [0.1, 0.15) is 5.65 Å². The van der Waals surface area contributed by atoms with Crippen LogP contribution in [0.15, 0.2) is 34.2 Å². The lowest BCUT2D eigenvalue weighted by Crippen LogP contribution is -2.34. The van der Waals surface area contributed by atoms with Crippen LogP contribution < -0.4 is 4.90 Å². The van der Waals surface area contributed by atoms with Crippen molar-refractivity contribution >= 4 is 47.1 Å². The Balaban J connectivity index is 1.80. The van der Waals surface area contributed by atoms with Gasteiger partial charge in [0, 0.05) is 52.3 Å². The normalized spacial score (nSPS) is 15.1. The van der Waals surface area contributed by atoms with E-state index in [-0.39, 0.29) is 12.3 Å². The summed E-state index contributed by atoms with van der Waals surface area (Å²) < 4.78 is 2.22. The Labute approximate surface area is 206 Å². The zero-order valence-electron chi connectivity index (χ0n) is 20.1. The van der Waals surface area contributed by atoms with Gasteiger partial charge in [0.15, 0.2) is 0 Å². The quantitative estimate of drug-likeness (QED) is 0.311. The van der Waals surface area contributed by atoms with Crippen molar-refractivity contribution in [3.8, 4) is 5.69 Å². The summed E-state index contributed by atoms with van der Waals surface area (Å²) in [7, 11) is 0. The molecule has 0 atom stereocenters. The molecule has 3 aromatic rings. The van der Waals surface area contributed by atoms with Crippen LogP contribution in [0.25, 0.3) is 16.7 Å². The predicted molar refractivity (Wildman–Crippen MR) is 141 cm³/mol. The third-order valence-corrected chi connectivity index (χ3v) is 8.15. The van der Waals surface area contributed by atoms with Crippen LogP contribution in [-0.4, -0.2) is 40.0 Å². The van der Waals surface area contributed by atoms with Crippen molar-refractivity contribution in [2.75, 3.05) is 24.2 Å². The summed E-state index contributed by atoms with van der Waals surface area (Å²) in [5, 5.41) is 10.3. The monoisotopic (exact) mass is 483 g/mol. The fraction of sp³-hybridized carbons (Fsp3) is 0.462. The zero-order chi connectivity index (χ0) is 23.9. The highest BCUT2D eigenvalue weighted by Gasteiger charge is 2.25. The van der Waals surface area contributed by atoms with E-state index in [4.69, 9.17) is 22.7 Å². The molecular formula is C26H33N3O2S2. The van der Waals surface area contributed by atoms with Crippen LogP contribution in [0.5, 0.6) is 0 Å². The Bertz CT molecular complexity index is 1190. The van der Waals surface area contributed by atoms with Crippen LogP contribution in [0.1, 0.15) is 55.8 Å². The first-order valence-electron chi connectivity index (χ1n) is 11.6. The number of benzene rings is 1. The van der Waals surface area contributed by atoms with Crippen molar-refractivity contribution in [3.63, 3.8) is 0 Å². The van der Waals surface area contributed by atoms with E-state index in [2.05, 4.69) is 60.9 Å². The van der Waals surface area contributed by atoms with Crippen molar-refractivity contribution < 1.29 is 9.90 Å². The maximum Gasteiger partial charge on any atom is 0.303 e. The van der Waals surface area contributed by atoms with Gasteiger partial charge < -0.3 is 10.0 Å². The molecule has 1 aliphatic rings. The Morgan fingerprint density at radius 3 is 2.55 bits per heavy atom. The van der Waals surface area contributed by atoms with E-state index in [9.17, 15) is 4.79 Å². The molecule has 5 nitrogen and oxygen atoms in total. The molecule has 1 aliphatic heterocycles. The molecule has 0 amide bonds. The second-order valence-electron chi connectivity index (χ2n) is 9.40. The van der Waals surface area contributed by atoms with Gasteiger partial charge in [-0.2, -0.15) is 0 Å². The average Bonchev–Trinajstić information content (AvgIpc) is 3.08. The molecular weight excluding hydrogens is 450 g/mol. The van der Waals surface area contributed by atoms with Gasteiger partial charge in [0.2, 0.25) is 0 Å². The highest BCUT2D eigenvalue weighted by Crippen LogP contribution is 2.40. The molecule has 0 bridgehead atoms. The molecule has 3 heterocycles. The number of pyridine rings is 1. The van der Waals surface area contributed by atoms with E-state index in [0.29, 0.717) is 5.92 Å². The number of thioether (sulfide) groups is 1. The van der Waals surface area contributed by atoms with Gasteiger partial charge in [-0.3, -0.25) is 9.36 Å². The first-order chi connectivity index (χ1) is 15.7. The van der Waals surface area contributed by atoms with Crippen molar-refractivity contribution in [1.29, 1.82) is 0 Å². The van der Waals surface area contributed by atoms with E-state index >= 15 is 0 Å². The number of fused-ring (bicyclic) bond motifs is 1. The standard InChI is InChI=1S/C26H33N3O2S2/c1-15(2)19-6-7-20(25(33-5)24(19)32)29-14-16(3)23-21(12-17(4)27-26(23)29)28-10-8-18(9-11-28)13-22(30)31/h6-7,12,14-15,18,32H,8-11,13H2,1-5H3,(H,30,31). The molecule has 0 saturated carbocycles. The molecule has 176 valence electrons. The number of anilines is 1. The summed E-state index contributed by atoms with van der Waals surface area (Å²) in [6.07, 6.45) is 6.38. The van der Waals surface area contributed by atoms with Crippen LogP contribution in [0, 0.1) is 19.8 Å². The van der Waals surface area contributed by atoms with Crippen molar-refractivity contribution in [3.05, 3.63) is 41.2 Å². The molecule has 33 heavy (non-hydrogen) atoms. The topological polar surface area (TPSA) is 58.4 Å². The van der Waals surface area contributed by atoms with E-state index in [1.807, 2.05) is 6.92 Å². The highest BCUT2D eigenvalue weighted by molar-refractivity contribution is 7.99. The van der Waals surface area contributed by atoms with Gasteiger partial charge >= 0.3 is 5.97 Å². The fourth-order valence-corrected chi connectivity index (χ4v) is 6.41. The number of hydrogen-bond acceptors (Lipinski definition) is 5. The summed E-state index contributed by atoms with van der Waals surface area (Å²) >= 11 is 6.63. The van der Waals surface area contributed by atoms with Crippen molar-refractivity contribution in [2.24, 2.45) is 5.92 Å². The maximum atomic E-state index is 11.1. The first kappa shape index (κ1) is 24.0. The Morgan fingerprint density at radius 1 is 1.24 bits per heavy atom. The van der Waals surface area contributed by atoms with Crippen LogP contribution >= 0.6 is 24.4 Å². The molecule has 1 N–H and O–H groups in total. The van der Waals surface area contributed by atoms with Gasteiger partial charge in [-0.25, -0.2) is 4.98 Å². The summed E-state index contributed by atoms with van der Waals surface area (Å²) in [6.45, 7) is 10.4. The smallest absolute Gasteiger partial charge is 0.303 e. The molecule has 7 heteroatoms. The number of thiol groups is 1. The molecule has 0 aliphatic carbocycles. The number of carboxylic acid groups (broad SMARTS) is 1. The molecule has 1 aromatic carbocycles. The largest absolute Gasteiger partial charge is 0.481 e. The van der Waals surface area contributed by atoms with Crippen molar-refractivity contribution in [1.82, 2.24) is 9.55 Å². The number of rotatable bonds is 6. The molecule has 0 unspecified atom stereocenters. The van der Waals surface area contributed by atoms with E-state index in [1.165, 1.54) is 27.1 Å². The minimum Gasteiger partial charge on any atom is -0.481 e. The van der Waals surface area contributed by atoms with Crippen LogP contribution in [0.4, 0.5) is 5.69 Å². The van der Waals surface area contributed by atoms with Gasteiger partial charge in [-0.05, 0) is 68.0 Å². The van der Waals surface area contributed by atoms with Gasteiger partial charge in [0.05, 0.1) is 5.69 Å². The minimum absolute atomic E-state index is 0.264. The second-order valence-corrected chi connectivity index (χ2v) is 10.7. The van der Waals surface area contributed by atoms with Crippen LogP contribution in [-0.2, 0) is 4.79 Å². The molecule has 4 rings (SSSR count). The van der Waals surface area contributed by atoms with E-state index < -0.39 is 5.97 Å². The number of aryl methyl sites for hydroxylation is 2. The number of hydrogen-bond donors (Lipinski definition) is 2. The first-order valence-corrected chi connectivity index (χ1v) is 13.2. The minimum atomic E-state index is -0.694. The highest BCUT2D eigenvalue weighted by atomic mass is 32.2. The summed E-state index contributed by atoms with van der Waals surface area (Å²) in [6, 6.07) is 6.56. The maximum absolute atomic E-state index is 11.1. The number of aliphatic carboxylic acids is 1. The van der Waals surface area contributed by atoms with Crippen LogP contribution in [0.3, 0.4) is 0 Å². The second kappa shape index (κ2) is 9.63. The van der Waals surface area contributed by atoms with Gasteiger partial charge in [0.25, 0.3) is 0 Å². The van der Waals surface area contributed by atoms with Gasteiger partial charge in [-0.15, -0.1) is 24.4 Å². The summed E-state index contributed by atoms with van der Waals surface area (Å²) in [4.78, 5) is 20.7. The predicted octanol–water partition coefficient (Wildman–Crippen LogP) is 6.47. The molecule has 1 fully saturated rings. The third-order valence-electron chi connectivity index (χ3n) is 6.70. The molecule has 0 spiro atoms. The lowest BCUT2D eigenvalue weighted by Gasteiger charge is -2.33. The number of carbonyl (C=O) groups is 1. The molecule has 2 aromatic heterocycles. The summed E-state index contributed by atoms with van der Waals surface area (Å²) in [5.41, 5.74) is 6.72. The SMILES string of the molecule is CSc1c(-n2cc(C)c3c(N4CCC(CC(=O)O)CC4)cc(C)nc32)ccc(C(C)C)c1S. The molecule has 0 radical (unpaired) electrons. The van der Waals surface area contributed by atoms with Gasteiger partial charge in [-0.1, -0.05) is 19.9 Å². The lowest BCUT2D eigenvalue weighted by molar-refractivity contribution is -0.138. The Kier molecular flexibility index (Phi) is 7.01. The van der Waals surface area contributed by atoms with E-state index in [0.717, 1.165) is 47.9 Å².